The van der Waals surface area contributed by atoms with E-state index < -0.39 is 5.41 Å². The first kappa shape index (κ1) is 25.8. The van der Waals surface area contributed by atoms with Crippen LogP contribution in [-0.4, -0.2) is 79.3 Å². The van der Waals surface area contributed by atoms with Gasteiger partial charge in [0.2, 0.25) is 17.7 Å². The maximum Gasteiger partial charge on any atom is 0.240 e. The fourth-order valence-electron chi connectivity index (χ4n) is 4.14. The highest BCUT2D eigenvalue weighted by atomic mass is 16.5. The van der Waals surface area contributed by atoms with Gasteiger partial charge in [-0.1, -0.05) is 39.8 Å². The average molecular weight is 446 g/mol. The van der Waals surface area contributed by atoms with Gasteiger partial charge in [-0.05, 0) is 43.1 Å². The van der Waals surface area contributed by atoms with Crippen molar-refractivity contribution in [2.75, 3.05) is 46.9 Å². The Morgan fingerprint density at radius 1 is 1.12 bits per heavy atom. The minimum Gasteiger partial charge on any atom is -0.497 e. The van der Waals surface area contributed by atoms with E-state index in [9.17, 15) is 14.4 Å². The van der Waals surface area contributed by atoms with Crippen molar-refractivity contribution in [1.82, 2.24) is 14.7 Å². The molecule has 0 bridgehead atoms. The molecule has 2 rings (SSSR count). The van der Waals surface area contributed by atoms with Crippen molar-refractivity contribution in [1.29, 1.82) is 0 Å². The first-order chi connectivity index (χ1) is 15.2. The number of hydrogen-bond donors (Lipinski definition) is 0. The number of benzene rings is 1. The van der Waals surface area contributed by atoms with Crippen molar-refractivity contribution < 1.29 is 19.1 Å². The van der Waals surface area contributed by atoms with Crippen LogP contribution in [0.25, 0.3) is 0 Å². The third kappa shape index (κ3) is 5.88. The number of ether oxygens (including phenoxy) is 1. The van der Waals surface area contributed by atoms with Gasteiger partial charge in [0.15, 0.2) is 0 Å². The van der Waals surface area contributed by atoms with Crippen LogP contribution in [0.3, 0.4) is 0 Å². The lowest BCUT2D eigenvalue weighted by Crippen LogP contribution is -2.44. The molecule has 1 fully saturated rings. The maximum absolute atomic E-state index is 13.6. The Morgan fingerprint density at radius 3 is 2.28 bits per heavy atom. The van der Waals surface area contributed by atoms with Gasteiger partial charge in [-0.25, -0.2) is 0 Å². The van der Waals surface area contributed by atoms with Gasteiger partial charge < -0.3 is 14.5 Å². The second kappa shape index (κ2) is 11.5. The Balaban J connectivity index is 2.30. The summed E-state index contributed by atoms with van der Waals surface area (Å²) in [7, 11) is 3.35. The van der Waals surface area contributed by atoms with Crippen LogP contribution < -0.4 is 4.74 Å². The van der Waals surface area contributed by atoms with Crippen LogP contribution in [-0.2, 0) is 19.8 Å². The Bertz CT molecular complexity index is 789. The number of nitrogens with zero attached hydrogens (tertiary/aromatic N) is 3. The predicted molar refractivity (Wildman–Crippen MR) is 126 cm³/mol. The summed E-state index contributed by atoms with van der Waals surface area (Å²) in [6, 6.07) is 7.17. The Kier molecular flexibility index (Phi) is 9.25. The van der Waals surface area contributed by atoms with E-state index in [2.05, 4.69) is 32.6 Å². The summed E-state index contributed by atoms with van der Waals surface area (Å²) in [5.74, 6) is 0.447. The largest absolute Gasteiger partial charge is 0.497 e. The van der Waals surface area contributed by atoms with Gasteiger partial charge in [0.25, 0.3) is 0 Å². The normalized spacial score (nSPS) is 18.7. The van der Waals surface area contributed by atoms with E-state index in [1.165, 1.54) is 4.90 Å². The van der Waals surface area contributed by atoms with E-state index in [0.717, 1.165) is 26.1 Å². The molecule has 1 heterocycles. The molecule has 32 heavy (non-hydrogen) atoms. The number of methoxy groups -OCH3 is 1. The van der Waals surface area contributed by atoms with Crippen molar-refractivity contribution in [3.05, 3.63) is 29.8 Å². The lowest BCUT2D eigenvalue weighted by Gasteiger charge is -2.30. The third-order valence-electron chi connectivity index (χ3n) is 6.51. The predicted octanol–water partition coefficient (Wildman–Crippen LogP) is 2.93. The molecule has 1 aromatic rings. The maximum atomic E-state index is 13.6. The van der Waals surface area contributed by atoms with Gasteiger partial charge >= 0.3 is 0 Å². The number of hydrogen-bond acceptors (Lipinski definition) is 5. The van der Waals surface area contributed by atoms with Gasteiger partial charge in [0.05, 0.1) is 12.5 Å². The summed E-state index contributed by atoms with van der Waals surface area (Å²) in [5.41, 5.74) is -0.477. The molecule has 3 amide bonds. The summed E-state index contributed by atoms with van der Waals surface area (Å²) in [5, 5.41) is 0. The number of carbonyl (C=O) groups is 3. The molecule has 0 N–H and O–H groups in total. The minimum atomic E-state index is -1.17. The molecule has 1 saturated heterocycles. The zero-order valence-electron chi connectivity index (χ0n) is 20.5. The first-order valence-corrected chi connectivity index (χ1v) is 11.6. The quantitative estimate of drug-likeness (QED) is 0.463. The second-order valence-electron chi connectivity index (χ2n) is 9.04. The summed E-state index contributed by atoms with van der Waals surface area (Å²) < 4.78 is 5.25. The molecular weight excluding hydrogens is 406 g/mol. The van der Waals surface area contributed by atoms with E-state index in [4.69, 9.17) is 4.74 Å². The van der Waals surface area contributed by atoms with E-state index >= 15 is 0 Å². The average Bonchev–Trinajstić information content (AvgIpc) is 3.02. The van der Waals surface area contributed by atoms with E-state index in [1.54, 1.807) is 43.3 Å². The summed E-state index contributed by atoms with van der Waals surface area (Å²) in [6.45, 7) is 11.9. The molecule has 0 radical (unpaired) electrons. The lowest BCUT2D eigenvalue weighted by molar-refractivity contribution is -0.142. The zero-order valence-corrected chi connectivity index (χ0v) is 20.5. The minimum absolute atomic E-state index is 0.0170. The zero-order chi connectivity index (χ0) is 23.9. The van der Waals surface area contributed by atoms with Crippen LogP contribution in [0.15, 0.2) is 24.3 Å². The number of likely N-dealkylation sites (tertiary alicyclic amines) is 1. The van der Waals surface area contributed by atoms with Crippen LogP contribution in [0.1, 0.15) is 52.5 Å². The van der Waals surface area contributed by atoms with Crippen molar-refractivity contribution in [2.45, 2.75) is 52.4 Å². The van der Waals surface area contributed by atoms with Gasteiger partial charge in [-0.15, -0.1) is 0 Å². The van der Waals surface area contributed by atoms with E-state index in [-0.39, 0.29) is 30.6 Å². The number of likely N-dealkylation sites (N-methyl/N-ethyl adjacent to an activating group) is 2. The Hall–Kier alpha value is -2.41. The summed E-state index contributed by atoms with van der Waals surface area (Å²) in [4.78, 5) is 45.0. The van der Waals surface area contributed by atoms with Crippen molar-refractivity contribution in [3.63, 3.8) is 0 Å². The summed E-state index contributed by atoms with van der Waals surface area (Å²) >= 11 is 0. The van der Waals surface area contributed by atoms with Crippen LogP contribution >= 0.6 is 0 Å². The molecule has 0 saturated carbocycles. The molecule has 1 aliphatic rings. The van der Waals surface area contributed by atoms with Gasteiger partial charge in [-0.3, -0.25) is 19.3 Å². The number of carbonyl (C=O) groups excluding carboxylic acids is 3. The molecular formula is C25H39N3O4. The van der Waals surface area contributed by atoms with Crippen LogP contribution in [0.4, 0.5) is 0 Å². The monoisotopic (exact) mass is 445 g/mol. The van der Waals surface area contributed by atoms with E-state index in [1.807, 2.05) is 0 Å². The number of amides is 3. The first-order valence-electron chi connectivity index (χ1n) is 11.6. The molecule has 0 spiro atoms. The lowest BCUT2D eigenvalue weighted by atomic mass is 9.75. The third-order valence-corrected chi connectivity index (χ3v) is 6.51. The van der Waals surface area contributed by atoms with E-state index in [0.29, 0.717) is 30.3 Å². The highest BCUT2D eigenvalue weighted by molar-refractivity contribution is 6.10. The Morgan fingerprint density at radius 2 is 1.75 bits per heavy atom. The highest BCUT2D eigenvalue weighted by Gasteiger charge is 2.53. The number of rotatable bonds is 12. The highest BCUT2D eigenvalue weighted by Crippen LogP contribution is 2.41. The fraction of sp³-hybridized carbons (Fsp3) is 0.640. The van der Waals surface area contributed by atoms with Crippen LogP contribution in [0.2, 0.25) is 0 Å². The molecule has 178 valence electrons. The van der Waals surface area contributed by atoms with Gasteiger partial charge in [-0.2, -0.15) is 0 Å². The summed E-state index contributed by atoms with van der Waals surface area (Å²) in [6.07, 6.45) is 0.747. The smallest absolute Gasteiger partial charge is 0.240 e. The molecule has 0 aliphatic carbocycles. The standard InChI is InChI=1S/C25H39N3O4/c1-7-27(8-2)16-15-26(5)22(29)17-25(20-9-11-21(32-6)12-10-20)18-23(30)28(24(25)31)14-13-19(3)4/h9-12,19H,7-8,13-18H2,1-6H3/t25-/m0/s1. The molecule has 0 unspecified atom stereocenters. The Labute approximate surface area is 192 Å². The van der Waals surface area contributed by atoms with Crippen molar-refractivity contribution in [2.24, 2.45) is 5.92 Å². The molecule has 7 nitrogen and oxygen atoms in total. The fourth-order valence-corrected chi connectivity index (χ4v) is 4.14. The van der Waals surface area contributed by atoms with Crippen molar-refractivity contribution >= 4 is 17.7 Å². The molecule has 0 aromatic heterocycles. The molecule has 1 aliphatic heterocycles. The van der Waals surface area contributed by atoms with Gasteiger partial charge in [0, 0.05) is 39.5 Å². The van der Waals surface area contributed by atoms with Gasteiger partial charge in [0.1, 0.15) is 5.75 Å². The van der Waals surface area contributed by atoms with Crippen molar-refractivity contribution in [3.8, 4) is 5.75 Å². The van der Waals surface area contributed by atoms with Crippen LogP contribution in [0.5, 0.6) is 5.75 Å². The van der Waals surface area contributed by atoms with Crippen LogP contribution in [0, 0.1) is 5.92 Å². The number of imide groups is 1. The molecule has 1 atom stereocenters. The second-order valence-corrected chi connectivity index (χ2v) is 9.04. The topological polar surface area (TPSA) is 70.2 Å². The molecule has 7 heteroatoms. The SMILES string of the molecule is CCN(CC)CCN(C)C(=O)C[C@@]1(c2ccc(OC)cc2)CC(=O)N(CCC(C)C)C1=O. The molecule has 1 aromatic carbocycles.